The molecule has 1 aromatic carbocycles. The van der Waals surface area contributed by atoms with Crippen LogP contribution >= 0.6 is 11.8 Å². The quantitative estimate of drug-likeness (QED) is 0.870. The van der Waals surface area contributed by atoms with E-state index in [0.29, 0.717) is 0 Å². The van der Waals surface area contributed by atoms with Crippen LogP contribution in [0.5, 0.6) is 0 Å². The molecule has 0 saturated carbocycles. The van der Waals surface area contributed by atoms with E-state index < -0.39 is 0 Å². The van der Waals surface area contributed by atoms with Crippen molar-refractivity contribution in [1.82, 2.24) is 4.98 Å². The number of allylic oxidation sites excluding steroid dienone is 1. The first-order valence-electron chi connectivity index (χ1n) is 6.07. The predicted molar refractivity (Wildman–Crippen MR) is 81.4 cm³/mol. The molecule has 0 fully saturated rings. The molecule has 3 nitrogen and oxygen atoms in total. The minimum atomic E-state index is -0.0912. The van der Waals surface area contributed by atoms with Gasteiger partial charge in [0, 0.05) is 24.9 Å². The van der Waals surface area contributed by atoms with Gasteiger partial charge in [-0.2, -0.15) is 0 Å². The lowest BCUT2D eigenvalue weighted by Gasteiger charge is -1.99. The van der Waals surface area contributed by atoms with Gasteiger partial charge in [0.15, 0.2) is 5.12 Å². The van der Waals surface area contributed by atoms with Crippen LogP contribution in [0.3, 0.4) is 0 Å². The number of carbonyl (C=O) groups excluding carboxylic acids is 1. The molecule has 0 saturated heterocycles. The Morgan fingerprint density at radius 2 is 2.16 bits per heavy atom. The normalized spacial score (nSPS) is 11.2. The number of fused-ring (bicyclic) bond motifs is 1. The Bertz CT molecular complexity index is 673. The van der Waals surface area contributed by atoms with Gasteiger partial charge >= 0.3 is 0 Å². The molecule has 0 aliphatic carbocycles. The van der Waals surface area contributed by atoms with E-state index in [9.17, 15) is 9.59 Å². The maximum absolute atomic E-state index is 11.2. The molecule has 0 amide bonds. The van der Waals surface area contributed by atoms with Gasteiger partial charge in [0.1, 0.15) is 0 Å². The summed E-state index contributed by atoms with van der Waals surface area (Å²) in [5.41, 5.74) is 0.970. The van der Waals surface area contributed by atoms with E-state index in [-0.39, 0.29) is 10.7 Å². The van der Waals surface area contributed by atoms with Crippen LogP contribution in [0.25, 0.3) is 16.8 Å². The fourth-order valence-corrected chi connectivity index (χ4v) is 2.32. The molecule has 4 heteroatoms. The third-order valence-corrected chi connectivity index (χ3v) is 3.51. The molecule has 0 aliphatic heterocycles. The highest BCUT2D eigenvalue weighted by atomic mass is 32.2. The molecule has 0 aliphatic rings. The summed E-state index contributed by atoms with van der Waals surface area (Å²) >= 11 is 1.34. The molecule has 0 radical (unpaired) electrons. The SMILES string of the molecule is CC(=O)SCCC=Cc1ccc2c[nH]c(=O)cc2c1. The number of rotatable bonds is 4. The van der Waals surface area contributed by atoms with Crippen molar-refractivity contribution in [2.75, 3.05) is 5.75 Å². The third kappa shape index (κ3) is 4.10. The second kappa shape index (κ2) is 6.38. The maximum atomic E-state index is 11.2. The molecule has 0 unspecified atom stereocenters. The van der Waals surface area contributed by atoms with Crippen molar-refractivity contribution in [2.45, 2.75) is 13.3 Å². The van der Waals surface area contributed by atoms with Crippen LogP contribution < -0.4 is 5.56 Å². The number of hydrogen-bond donors (Lipinski definition) is 1. The maximum Gasteiger partial charge on any atom is 0.248 e. The number of aromatic amines is 1. The first kappa shape index (κ1) is 13.6. The van der Waals surface area contributed by atoms with Crippen LogP contribution in [0.1, 0.15) is 18.9 Å². The highest BCUT2D eigenvalue weighted by molar-refractivity contribution is 8.13. The molecule has 2 aromatic rings. The summed E-state index contributed by atoms with van der Waals surface area (Å²) in [6.45, 7) is 1.58. The minimum Gasteiger partial charge on any atom is -0.328 e. The van der Waals surface area contributed by atoms with Crippen molar-refractivity contribution >= 4 is 33.7 Å². The summed E-state index contributed by atoms with van der Waals surface area (Å²) in [5, 5.41) is 2.10. The monoisotopic (exact) mass is 273 g/mol. The minimum absolute atomic E-state index is 0.0912. The fraction of sp³-hybridized carbons (Fsp3) is 0.200. The molecule has 98 valence electrons. The summed E-state index contributed by atoms with van der Waals surface area (Å²) in [6.07, 6.45) is 6.64. The lowest BCUT2D eigenvalue weighted by Crippen LogP contribution is -2.01. The van der Waals surface area contributed by atoms with Crippen molar-refractivity contribution in [2.24, 2.45) is 0 Å². The summed E-state index contributed by atoms with van der Waals surface area (Å²) < 4.78 is 0. The first-order valence-corrected chi connectivity index (χ1v) is 7.06. The van der Waals surface area contributed by atoms with Crippen molar-refractivity contribution in [3.05, 3.63) is 52.5 Å². The summed E-state index contributed by atoms with van der Waals surface area (Å²) in [7, 11) is 0. The predicted octanol–water partition coefficient (Wildman–Crippen LogP) is 3.21. The zero-order chi connectivity index (χ0) is 13.7. The number of pyridine rings is 1. The molecule has 1 N–H and O–H groups in total. The van der Waals surface area contributed by atoms with Crippen molar-refractivity contribution < 1.29 is 4.79 Å². The van der Waals surface area contributed by atoms with Crippen LogP contribution in [-0.4, -0.2) is 15.9 Å². The van der Waals surface area contributed by atoms with Gasteiger partial charge in [-0.25, -0.2) is 0 Å². The van der Waals surface area contributed by atoms with Crippen LogP contribution in [0.2, 0.25) is 0 Å². The Morgan fingerprint density at radius 3 is 2.95 bits per heavy atom. The smallest absolute Gasteiger partial charge is 0.248 e. The van der Waals surface area contributed by atoms with Gasteiger partial charge in [0.2, 0.25) is 5.56 Å². The Kier molecular flexibility index (Phi) is 4.58. The summed E-state index contributed by atoms with van der Waals surface area (Å²) in [4.78, 5) is 24.7. The highest BCUT2D eigenvalue weighted by Gasteiger charge is 1.95. The van der Waals surface area contributed by atoms with Gasteiger partial charge < -0.3 is 4.98 Å². The van der Waals surface area contributed by atoms with Crippen molar-refractivity contribution in [3.63, 3.8) is 0 Å². The summed E-state index contributed by atoms with van der Waals surface area (Å²) in [6, 6.07) is 7.57. The van der Waals surface area contributed by atoms with E-state index in [1.54, 1.807) is 19.2 Å². The molecule has 1 heterocycles. The van der Waals surface area contributed by atoms with Gasteiger partial charge in [-0.1, -0.05) is 36.0 Å². The zero-order valence-electron chi connectivity index (χ0n) is 10.7. The van der Waals surface area contributed by atoms with Crippen molar-refractivity contribution in [3.8, 4) is 0 Å². The van der Waals surface area contributed by atoms with Gasteiger partial charge in [-0.15, -0.1) is 0 Å². The van der Waals surface area contributed by atoms with E-state index in [1.807, 2.05) is 30.4 Å². The molecule has 0 bridgehead atoms. The zero-order valence-corrected chi connectivity index (χ0v) is 11.5. The largest absolute Gasteiger partial charge is 0.328 e. The Balaban J connectivity index is 2.06. The number of aromatic nitrogens is 1. The Labute approximate surface area is 115 Å². The van der Waals surface area contributed by atoms with E-state index in [0.717, 1.165) is 28.5 Å². The van der Waals surface area contributed by atoms with Gasteiger partial charge in [-0.05, 0) is 28.8 Å². The molecular formula is C15H15NO2S. The van der Waals surface area contributed by atoms with E-state index >= 15 is 0 Å². The Hall–Kier alpha value is -1.81. The van der Waals surface area contributed by atoms with Crippen LogP contribution in [-0.2, 0) is 4.79 Å². The number of nitrogens with one attached hydrogen (secondary N) is 1. The second-order valence-electron chi connectivity index (χ2n) is 4.22. The molecule has 2 rings (SSSR count). The number of thioether (sulfide) groups is 1. The number of benzene rings is 1. The Morgan fingerprint density at radius 1 is 1.32 bits per heavy atom. The van der Waals surface area contributed by atoms with Crippen LogP contribution in [0.4, 0.5) is 0 Å². The molecular weight excluding hydrogens is 258 g/mol. The molecule has 1 aromatic heterocycles. The van der Waals surface area contributed by atoms with Gasteiger partial charge in [0.05, 0.1) is 0 Å². The average molecular weight is 273 g/mol. The third-order valence-electron chi connectivity index (χ3n) is 2.67. The molecule has 0 spiro atoms. The number of hydrogen-bond acceptors (Lipinski definition) is 3. The van der Waals surface area contributed by atoms with Gasteiger partial charge in [0.25, 0.3) is 0 Å². The van der Waals surface area contributed by atoms with Gasteiger partial charge in [-0.3, -0.25) is 9.59 Å². The van der Waals surface area contributed by atoms with E-state index in [4.69, 9.17) is 0 Å². The lowest BCUT2D eigenvalue weighted by molar-refractivity contribution is -0.109. The number of H-pyrrole nitrogens is 1. The topological polar surface area (TPSA) is 49.9 Å². The standard InChI is InChI=1S/C15H15NO2S/c1-11(17)19-7-3-2-4-12-5-6-13-10-16-15(18)9-14(13)8-12/h2,4-6,8-10H,3,7H2,1H3,(H,16,18). The van der Waals surface area contributed by atoms with E-state index in [1.165, 1.54) is 11.8 Å². The lowest BCUT2D eigenvalue weighted by atomic mass is 10.1. The average Bonchev–Trinajstić information content (AvgIpc) is 2.37. The second-order valence-corrected chi connectivity index (χ2v) is 5.49. The fourth-order valence-electron chi connectivity index (χ4n) is 1.78. The number of carbonyl (C=O) groups is 1. The summed E-state index contributed by atoms with van der Waals surface area (Å²) in [5.74, 6) is 0.805. The molecule has 0 atom stereocenters. The van der Waals surface area contributed by atoms with E-state index in [2.05, 4.69) is 4.98 Å². The van der Waals surface area contributed by atoms with Crippen LogP contribution in [0, 0.1) is 0 Å². The first-order chi connectivity index (χ1) is 9.15. The van der Waals surface area contributed by atoms with Crippen molar-refractivity contribution in [1.29, 1.82) is 0 Å². The molecule has 19 heavy (non-hydrogen) atoms. The van der Waals surface area contributed by atoms with Crippen LogP contribution in [0.15, 0.2) is 41.3 Å². The highest BCUT2D eigenvalue weighted by Crippen LogP contribution is 2.14.